The number of benzene rings is 2. The summed E-state index contributed by atoms with van der Waals surface area (Å²) < 4.78 is 2.42. The molecule has 0 unspecified atom stereocenters. The number of amides is 1. The third kappa shape index (κ3) is 3.54. The highest BCUT2D eigenvalue weighted by atomic mass is 16.1. The molecule has 31 heavy (non-hydrogen) atoms. The largest absolute Gasteiger partial charge is 0.373 e. The summed E-state index contributed by atoms with van der Waals surface area (Å²) in [7, 11) is 1.86. The van der Waals surface area contributed by atoms with E-state index in [0.717, 1.165) is 47.2 Å². The number of nitrogens with one attached hydrogen (secondary N) is 2. The molecule has 0 saturated heterocycles. The smallest absolute Gasteiger partial charge is 0.251 e. The van der Waals surface area contributed by atoms with Crippen LogP contribution in [0.25, 0.3) is 21.8 Å². The molecule has 0 atom stereocenters. The summed E-state index contributed by atoms with van der Waals surface area (Å²) in [5, 5.41) is 8.49. The maximum atomic E-state index is 12.9. The standard InChI is InChI=1S/C26H28N4O/c1-3-30-23-7-5-4-6-20(23)21-15-19(10-12-24(21)30)26(31)28-16-17-8-9-18-11-13-25(27-2)29-22(18)14-17/h8-15H,3-7,16H2,1-2H3,(H,27,29)(H,28,31). The molecule has 0 radical (unpaired) electrons. The Kier molecular flexibility index (Phi) is 5.10. The molecule has 0 fully saturated rings. The van der Waals surface area contributed by atoms with Crippen molar-refractivity contribution >= 4 is 33.5 Å². The van der Waals surface area contributed by atoms with Crippen molar-refractivity contribution in [3.63, 3.8) is 0 Å². The number of aromatic nitrogens is 2. The second-order valence-corrected chi connectivity index (χ2v) is 8.26. The molecule has 5 heteroatoms. The van der Waals surface area contributed by atoms with Gasteiger partial charge in [0.2, 0.25) is 0 Å². The first-order valence-corrected chi connectivity index (χ1v) is 11.2. The number of fused-ring (bicyclic) bond motifs is 4. The Morgan fingerprint density at radius 2 is 1.90 bits per heavy atom. The Bertz CT molecular complexity index is 1290. The molecule has 0 spiro atoms. The van der Waals surface area contributed by atoms with Crippen molar-refractivity contribution in [2.24, 2.45) is 0 Å². The van der Waals surface area contributed by atoms with E-state index in [2.05, 4.69) is 51.4 Å². The van der Waals surface area contributed by atoms with Crippen molar-refractivity contribution in [1.82, 2.24) is 14.9 Å². The molecule has 158 valence electrons. The van der Waals surface area contributed by atoms with Gasteiger partial charge in [0.1, 0.15) is 5.82 Å². The van der Waals surface area contributed by atoms with E-state index in [9.17, 15) is 4.79 Å². The molecule has 2 N–H and O–H groups in total. The third-order valence-corrected chi connectivity index (χ3v) is 6.42. The van der Waals surface area contributed by atoms with Gasteiger partial charge in [-0.2, -0.15) is 0 Å². The number of nitrogens with zero attached hydrogens (tertiary/aromatic N) is 2. The third-order valence-electron chi connectivity index (χ3n) is 6.42. The van der Waals surface area contributed by atoms with Gasteiger partial charge in [-0.15, -0.1) is 0 Å². The first-order chi connectivity index (χ1) is 15.2. The maximum absolute atomic E-state index is 12.9. The predicted octanol–water partition coefficient (Wildman–Crippen LogP) is 5.06. The molecule has 0 aliphatic heterocycles. The predicted molar refractivity (Wildman–Crippen MR) is 127 cm³/mol. The highest BCUT2D eigenvalue weighted by molar-refractivity contribution is 5.99. The van der Waals surface area contributed by atoms with Gasteiger partial charge in [-0.05, 0) is 80.1 Å². The summed E-state index contributed by atoms with van der Waals surface area (Å²) >= 11 is 0. The van der Waals surface area contributed by atoms with Crippen LogP contribution in [0.5, 0.6) is 0 Å². The van der Waals surface area contributed by atoms with Crippen LogP contribution < -0.4 is 10.6 Å². The minimum atomic E-state index is -0.0345. The lowest BCUT2D eigenvalue weighted by atomic mass is 9.95. The average Bonchev–Trinajstić information content (AvgIpc) is 3.14. The van der Waals surface area contributed by atoms with Gasteiger partial charge in [0.25, 0.3) is 5.91 Å². The summed E-state index contributed by atoms with van der Waals surface area (Å²) in [5.41, 5.74) is 6.85. The van der Waals surface area contributed by atoms with E-state index >= 15 is 0 Å². The quantitative estimate of drug-likeness (QED) is 0.482. The van der Waals surface area contributed by atoms with Crippen LogP contribution in [0.3, 0.4) is 0 Å². The maximum Gasteiger partial charge on any atom is 0.251 e. The Morgan fingerprint density at radius 1 is 1.06 bits per heavy atom. The number of carbonyl (C=O) groups is 1. The lowest BCUT2D eigenvalue weighted by Gasteiger charge is -2.14. The highest BCUT2D eigenvalue weighted by Crippen LogP contribution is 2.32. The second-order valence-electron chi connectivity index (χ2n) is 8.26. The SMILES string of the molecule is CCn1c2c(c3cc(C(=O)NCc4ccc5ccc(NC)nc5c4)ccc31)CCCC2. The summed E-state index contributed by atoms with van der Waals surface area (Å²) in [6.45, 7) is 3.65. The van der Waals surface area contributed by atoms with Crippen molar-refractivity contribution in [2.75, 3.05) is 12.4 Å². The molecule has 0 saturated carbocycles. The van der Waals surface area contributed by atoms with Gasteiger partial charge in [0.15, 0.2) is 0 Å². The minimum absolute atomic E-state index is 0.0345. The number of aryl methyl sites for hydroxylation is 2. The Morgan fingerprint density at radius 3 is 2.74 bits per heavy atom. The van der Waals surface area contributed by atoms with E-state index in [1.54, 1.807) is 0 Å². The first-order valence-electron chi connectivity index (χ1n) is 11.2. The van der Waals surface area contributed by atoms with Gasteiger partial charge in [0, 0.05) is 47.7 Å². The van der Waals surface area contributed by atoms with Gasteiger partial charge in [-0.1, -0.05) is 12.1 Å². The van der Waals surface area contributed by atoms with E-state index in [0.29, 0.717) is 6.54 Å². The van der Waals surface area contributed by atoms with Crippen LogP contribution in [0, 0.1) is 0 Å². The monoisotopic (exact) mass is 412 g/mol. The first kappa shape index (κ1) is 19.6. The van der Waals surface area contributed by atoms with Crippen molar-refractivity contribution in [3.05, 3.63) is 70.9 Å². The van der Waals surface area contributed by atoms with Crippen LogP contribution in [0.1, 0.15) is 46.9 Å². The molecule has 0 bridgehead atoms. The van der Waals surface area contributed by atoms with E-state index in [1.807, 2.05) is 31.3 Å². The van der Waals surface area contributed by atoms with Crippen molar-refractivity contribution < 1.29 is 4.79 Å². The number of hydrogen-bond acceptors (Lipinski definition) is 3. The number of hydrogen-bond donors (Lipinski definition) is 2. The fourth-order valence-electron chi connectivity index (χ4n) is 4.83. The van der Waals surface area contributed by atoms with Crippen molar-refractivity contribution in [2.45, 2.75) is 45.7 Å². The zero-order valence-electron chi connectivity index (χ0n) is 18.2. The normalized spacial score (nSPS) is 13.4. The lowest BCUT2D eigenvalue weighted by molar-refractivity contribution is 0.0951. The van der Waals surface area contributed by atoms with Gasteiger partial charge >= 0.3 is 0 Å². The molecule has 2 heterocycles. The van der Waals surface area contributed by atoms with Gasteiger partial charge < -0.3 is 15.2 Å². The molecule has 1 aliphatic carbocycles. The zero-order chi connectivity index (χ0) is 21.4. The van der Waals surface area contributed by atoms with Crippen LogP contribution in [0.15, 0.2) is 48.5 Å². The van der Waals surface area contributed by atoms with E-state index in [-0.39, 0.29) is 5.91 Å². The van der Waals surface area contributed by atoms with Crippen LogP contribution in [0.2, 0.25) is 0 Å². The molecule has 2 aromatic heterocycles. The molecule has 1 amide bonds. The number of anilines is 1. The second kappa shape index (κ2) is 8.06. The van der Waals surface area contributed by atoms with Gasteiger partial charge in [-0.25, -0.2) is 4.98 Å². The van der Waals surface area contributed by atoms with Crippen LogP contribution >= 0.6 is 0 Å². The molecule has 4 aromatic rings. The molecule has 1 aliphatic rings. The zero-order valence-corrected chi connectivity index (χ0v) is 18.2. The minimum Gasteiger partial charge on any atom is -0.373 e. The number of carbonyl (C=O) groups excluding carboxylic acids is 1. The lowest BCUT2D eigenvalue weighted by Crippen LogP contribution is -2.22. The summed E-state index contributed by atoms with van der Waals surface area (Å²) in [4.78, 5) is 17.5. The van der Waals surface area contributed by atoms with E-state index < -0.39 is 0 Å². The molecule has 2 aromatic carbocycles. The van der Waals surface area contributed by atoms with Crippen LogP contribution in [0.4, 0.5) is 5.82 Å². The highest BCUT2D eigenvalue weighted by Gasteiger charge is 2.20. The number of rotatable bonds is 5. The van der Waals surface area contributed by atoms with Gasteiger partial charge in [0.05, 0.1) is 5.52 Å². The summed E-state index contributed by atoms with van der Waals surface area (Å²) in [6.07, 6.45) is 4.75. The van der Waals surface area contributed by atoms with Crippen LogP contribution in [-0.2, 0) is 25.9 Å². The Hall–Kier alpha value is -3.34. The molecule has 5 rings (SSSR count). The van der Waals surface area contributed by atoms with E-state index in [1.165, 1.54) is 35.0 Å². The molecular formula is C26H28N4O. The van der Waals surface area contributed by atoms with Gasteiger partial charge in [-0.3, -0.25) is 4.79 Å². The van der Waals surface area contributed by atoms with Crippen molar-refractivity contribution in [3.8, 4) is 0 Å². The Labute approximate surface area is 182 Å². The Balaban J connectivity index is 1.38. The van der Waals surface area contributed by atoms with Crippen LogP contribution in [-0.4, -0.2) is 22.5 Å². The number of pyridine rings is 1. The molecule has 5 nitrogen and oxygen atoms in total. The average molecular weight is 413 g/mol. The van der Waals surface area contributed by atoms with Crippen molar-refractivity contribution in [1.29, 1.82) is 0 Å². The fourth-order valence-corrected chi connectivity index (χ4v) is 4.83. The summed E-state index contributed by atoms with van der Waals surface area (Å²) in [5.74, 6) is 0.803. The fraction of sp³-hybridized carbons (Fsp3) is 0.308. The van der Waals surface area contributed by atoms with E-state index in [4.69, 9.17) is 0 Å². The summed E-state index contributed by atoms with van der Waals surface area (Å²) in [6, 6.07) is 16.3. The molecular weight excluding hydrogens is 384 g/mol. The topological polar surface area (TPSA) is 59.0 Å².